The molecule has 1 amide bonds. The van der Waals surface area contributed by atoms with Crippen LogP contribution >= 0.6 is 0 Å². The van der Waals surface area contributed by atoms with Crippen molar-refractivity contribution in [2.45, 2.75) is 38.8 Å². The Morgan fingerprint density at radius 3 is 2.89 bits per heavy atom. The van der Waals surface area contributed by atoms with E-state index < -0.39 is 6.10 Å². The van der Waals surface area contributed by atoms with Crippen LogP contribution in [0.2, 0.25) is 0 Å². The molecule has 0 aromatic heterocycles. The lowest BCUT2D eigenvalue weighted by Gasteiger charge is -2.18. The molecule has 0 spiro atoms. The smallest absolute Gasteiger partial charge is 0.218 e. The van der Waals surface area contributed by atoms with Crippen LogP contribution in [0.4, 0.5) is 0 Å². The molecule has 19 heavy (non-hydrogen) atoms. The Hall–Kier alpha value is -1.33. The highest BCUT2D eigenvalue weighted by molar-refractivity contribution is 5.74. The van der Waals surface area contributed by atoms with E-state index in [-0.39, 0.29) is 18.4 Å². The largest absolute Gasteiger partial charge is 0.491 e. The minimum Gasteiger partial charge on any atom is -0.491 e. The SMILES string of the molecule is CC(C)NCC(O)COC1=CCC(CC(N)=O)C=C1. The van der Waals surface area contributed by atoms with Crippen LogP contribution in [0, 0.1) is 5.92 Å². The molecule has 0 radical (unpaired) electrons. The van der Waals surface area contributed by atoms with Gasteiger partial charge in [-0.15, -0.1) is 0 Å². The average Bonchev–Trinajstić information content (AvgIpc) is 2.35. The molecule has 108 valence electrons. The number of carbonyl (C=O) groups excluding carboxylic acids is 1. The maximum Gasteiger partial charge on any atom is 0.218 e. The monoisotopic (exact) mass is 268 g/mol. The van der Waals surface area contributed by atoms with Crippen LogP contribution in [0.5, 0.6) is 0 Å². The zero-order valence-electron chi connectivity index (χ0n) is 11.6. The number of aliphatic hydroxyl groups excluding tert-OH is 1. The standard InChI is InChI=1S/C14H24N2O3/c1-10(2)16-8-12(17)9-19-13-5-3-11(4-6-13)7-14(15)18/h3,5-6,10-12,16-17H,4,7-9H2,1-2H3,(H2,15,18). The van der Waals surface area contributed by atoms with Crippen molar-refractivity contribution in [3.05, 3.63) is 24.0 Å². The molecule has 2 unspecified atom stereocenters. The highest BCUT2D eigenvalue weighted by Gasteiger charge is 2.13. The summed E-state index contributed by atoms with van der Waals surface area (Å²) >= 11 is 0. The first-order valence-corrected chi connectivity index (χ1v) is 6.68. The number of ether oxygens (including phenoxy) is 1. The minimum absolute atomic E-state index is 0.164. The highest BCUT2D eigenvalue weighted by atomic mass is 16.5. The zero-order valence-corrected chi connectivity index (χ0v) is 11.6. The molecule has 2 atom stereocenters. The van der Waals surface area contributed by atoms with Crippen LogP contribution in [0.15, 0.2) is 24.0 Å². The number of aliphatic hydroxyl groups is 1. The predicted molar refractivity (Wildman–Crippen MR) is 74.2 cm³/mol. The zero-order chi connectivity index (χ0) is 14.3. The fraction of sp³-hybridized carbons (Fsp3) is 0.643. The van der Waals surface area contributed by atoms with Gasteiger partial charge in [-0.25, -0.2) is 0 Å². The van der Waals surface area contributed by atoms with Gasteiger partial charge in [0, 0.05) is 19.0 Å². The first kappa shape index (κ1) is 15.7. The van der Waals surface area contributed by atoms with Gasteiger partial charge in [0.2, 0.25) is 5.91 Å². The quantitative estimate of drug-likeness (QED) is 0.605. The lowest BCUT2D eigenvalue weighted by Crippen LogP contribution is -2.34. The first-order chi connectivity index (χ1) is 8.97. The second-order valence-electron chi connectivity index (χ2n) is 5.16. The van der Waals surface area contributed by atoms with Crippen LogP contribution < -0.4 is 11.1 Å². The molecule has 1 aliphatic carbocycles. The van der Waals surface area contributed by atoms with Crippen molar-refractivity contribution < 1.29 is 14.6 Å². The van der Waals surface area contributed by atoms with Gasteiger partial charge >= 0.3 is 0 Å². The summed E-state index contributed by atoms with van der Waals surface area (Å²) in [5.41, 5.74) is 5.15. The van der Waals surface area contributed by atoms with Crippen molar-refractivity contribution in [2.75, 3.05) is 13.2 Å². The summed E-state index contributed by atoms with van der Waals surface area (Å²) in [6, 6.07) is 0.345. The van der Waals surface area contributed by atoms with Gasteiger partial charge in [0.25, 0.3) is 0 Å². The van der Waals surface area contributed by atoms with E-state index in [1.807, 2.05) is 32.1 Å². The number of allylic oxidation sites excluding steroid dienone is 3. The third kappa shape index (κ3) is 6.98. The van der Waals surface area contributed by atoms with Crippen LogP contribution in [0.3, 0.4) is 0 Å². The Morgan fingerprint density at radius 1 is 1.63 bits per heavy atom. The van der Waals surface area contributed by atoms with Crippen molar-refractivity contribution in [2.24, 2.45) is 11.7 Å². The number of amides is 1. The van der Waals surface area contributed by atoms with E-state index in [4.69, 9.17) is 10.5 Å². The molecular formula is C14H24N2O3. The number of nitrogens with one attached hydrogen (secondary N) is 1. The van der Waals surface area contributed by atoms with Gasteiger partial charge in [-0.05, 0) is 24.5 Å². The fourth-order valence-electron chi connectivity index (χ4n) is 1.78. The van der Waals surface area contributed by atoms with Gasteiger partial charge in [0.05, 0.1) is 0 Å². The molecule has 0 aromatic rings. The van der Waals surface area contributed by atoms with Gasteiger partial charge < -0.3 is 20.9 Å². The van der Waals surface area contributed by atoms with Gasteiger partial charge in [-0.2, -0.15) is 0 Å². The molecule has 0 aromatic carbocycles. The lowest BCUT2D eigenvalue weighted by atomic mass is 9.96. The summed E-state index contributed by atoms with van der Waals surface area (Å²) < 4.78 is 5.50. The van der Waals surface area contributed by atoms with Crippen molar-refractivity contribution in [3.8, 4) is 0 Å². The normalized spacial score (nSPS) is 20.2. The Morgan fingerprint density at radius 2 is 2.37 bits per heavy atom. The number of hydrogen-bond acceptors (Lipinski definition) is 4. The van der Waals surface area contributed by atoms with Crippen LogP contribution in [-0.2, 0) is 9.53 Å². The lowest BCUT2D eigenvalue weighted by molar-refractivity contribution is -0.118. The Balaban J connectivity index is 2.23. The Kier molecular flexibility index (Phi) is 6.59. The van der Waals surface area contributed by atoms with Crippen LogP contribution in [-0.4, -0.2) is 36.3 Å². The Labute approximate surface area is 114 Å². The molecule has 5 nitrogen and oxygen atoms in total. The van der Waals surface area contributed by atoms with Crippen molar-refractivity contribution in [1.82, 2.24) is 5.32 Å². The fourth-order valence-corrected chi connectivity index (χ4v) is 1.78. The van der Waals surface area contributed by atoms with Gasteiger partial charge in [-0.3, -0.25) is 4.79 Å². The van der Waals surface area contributed by atoms with Crippen molar-refractivity contribution >= 4 is 5.91 Å². The molecule has 5 heteroatoms. The number of primary amides is 1. The molecule has 1 aliphatic rings. The van der Waals surface area contributed by atoms with E-state index in [2.05, 4.69) is 5.32 Å². The van der Waals surface area contributed by atoms with Crippen molar-refractivity contribution in [3.63, 3.8) is 0 Å². The number of carbonyl (C=O) groups is 1. The second-order valence-corrected chi connectivity index (χ2v) is 5.16. The summed E-state index contributed by atoms with van der Waals surface area (Å²) in [6.07, 6.45) is 6.27. The maximum atomic E-state index is 10.8. The summed E-state index contributed by atoms with van der Waals surface area (Å²) in [7, 11) is 0. The number of rotatable bonds is 8. The summed E-state index contributed by atoms with van der Waals surface area (Å²) in [4.78, 5) is 10.8. The molecule has 0 saturated heterocycles. The van der Waals surface area contributed by atoms with Gasteiger partial charge in [0.1, 0.15) is 18.5 Å². The average molecular weight is 268 g/mol. The number of nitrogens with two attached hydrogens (primary N) is 1. The topological polar surface area (TPSA) is 84.6 Å². The van der Waals surface area contributed by atoms with Crippen LogP contribution in [0.1, 0.15) is 26.7 Å². The predicted octanol–water partition coefficient (Wildman–Crippen LogP) is 0.697. The number of hydrogen-bond donors (Lipinski definition) is 3. The molecule has 0 bridgehead atoms. The first-order valence-electron chi connectivity index (χ1n) is 6.68. The Bertz CT molecular complexity index is 351. The molecule has 0 heterocycles. The summed E-state index contributed by atoms with van der Waals surface area (Å²) in [6.45, 7) is 4.83. The molecule has 0 aliphatic heterocycles. The molecule has 0 saturated carbocycles. The van der Waals surface area contributed by atoms with Gasteiger partial charge in [0.15, 0.2) is 0 Å². The van der Waals surface area contributed by atoms with E-state index in [1.165, 1.54) is 0 Å². The van der Waals surface area contributed by atoms with Crippen LogP contribution in [0.25, 0.3) is 0 Å². The van der Waals surface area contributed by atoms with Gasteiger partial charge in [-0.1, -0.05) is 19.9 Å². The molecule has 1 rings (SSSR count). The van der Waals surface area contributed by atoms with E-state index >= 15 is 0 Å². The summed E-state index contributed by atoms with van der Waals surface area (Å²) in [5.74, 6) is 0.615. The second kappa shape index (κ2) is 7.96. The maximum absolute atomic E-state index is 10.8. The van der Waals surface area contributed by atoms with Crippen molar-refractivity contribution in [1.29, 1.82) is 0 Å². The third-order valence-corrected chi connectivity index (χ3v) is 2.82. The highest BCUT2D eigenvalue weighted by Crippen LogP contribution is 2.19. The van der Waals surface area contributed by atoms with E-state index in [9.17, 15) is 9.90 Å². The third-order valence-electron chi connectivity index (χ3n) is 2.82. The molecule has 0 fully saturated rings. The minimum atomic E-state index is -0.528. The summed E-state index contributed by atoms with van der Waals surface area (Å²) in [5, 5.41) is 12.8. The van der Waals surface area contributed by atoms with E-state index in [0.717, 1.165) is 12.2 Å². The van der Waals surface area contributed by atoms with E-state index in [1.54, 1.807) is 0 Å². The molecular weight excluding hydrogens is 244 g/mol. The van der Waals surface area contributed by atoms with E-state index in [0.29, 0.717) is 19.0 Å². The molecule has 4 N–H and O–H groups in total.